The highest BCUT2D eigenvalue weighted by atomic mass is 19.1. The molecule has 90 valence electrons. The van der Waals surface area contributed by atoms with Crippen LogP contribution in [0.2, 0.25) is 0 Å². The van der Waals surface area contributed by atoms with Crippen LogP contribution in [0.25, 0.3) is 0 Å². The number of rotatable bonds is 2. The second kappa shape index (κ2) is 5.20. The molecule has 0 aliphatic rings. The second-order valence-electron chi connectivity index (χ2n) is 3.25. The van der Waals surface area contributed by atoms with Crippen molar-refractivity contribution in [1.82, 2.24) is 0 Å². The Hall–Kier alpha value is -2.24. The van der Waals surface area contributed by atoms with Crippen LogP contribution in [0.15, 0.2) is 18.2 Å². The van der Waals surface area contributed by atoms with E-state index in [1.54, 1.807) is 0 Å². The molecule has 0 fully saturated rings. The minimum atomic E-state index is -0.943. The number of esters is 2. The zero-order valence-electron chi connectivity index (χ0n) is 9.24. The fraction of sp³-hybridized carbons (Fsp3) is 0.182. The van der Waals surface area contributed by atoms with E-state index in [-0.39, 0.29) is 11.3 Å². The van der Waals surface area contributed by atoms with Gasteiger partial charge in [0.15, 0.2) is 0 Å². The highest BCUT2D eigenvalue weighted by molar-refractivity contribution is 6.03. The minimum Gasteiger partial charge on any atom is -0.390 e. The molecule has 0 unspecified atom stereocenters. The average Bonchev–Trinajstić information content (AvgIpc) is 2.15. The zero-order valence-corrected chi connectivity index (χ0v) is 9.24. The average molecular weight is 239 g/mol. The molecule has 0 aromatic heterocycles. The van der Waals surface area contributed by atoms with Gasteiger partial charge in [0.05, 0.1) is 11.3 Å². The summed E-state index contributed by atoms with van der Waals surface area (Å²) in [6, 6.07) is 3.13. The molecule has 1 amide bonds. The van der Waals surface area contributed by atoms with Gasteiger partial charge < -0.3 is 10.1 Å². The number of carbonyl (C=O) groups excluding carboxylic acids is 3. The molecular weight excluding hydrogens is 229 g/mol. The molecule has 1 aromatic carbocycles. The Labute approximate surface area is 96.6 Å². The van der Waals surface area contributed by atoms with Crippen LogP contribution in [0.3, 0.4) is 0 Å². The van der Waals surface area contributed by atoms with E-state index < -0.39 is 23.7 Å². The summed E-state index contributed by atoms with van der Waals surface area (Å²) in [4.78, 5) is 32.9. The van der Waals surface area contributed by atoms with Crippen molar-refractivity contribution in [2.75, 3.05) is 5.32 Å². The molecule has 0 heterocycles. The molecule has 0 saturated carbocycles. The summed E-state index contributed by atoms with van der Waals surface area (Å²) in [5.41, 5.74) is -0.124. The van der Waals surface area contributed by atoms with Crippen molar-refractivity contribution in [3.63, 3.8) is 0 Å². The van der Waals surface area contributed by atoms with Crippen LogP contribution in [0, 0.1) is 5.82 Å². The lowest BCUT2D eigenvalue weighted by Gasteiger charge is -2.08. The maximum Gasteiger partial charge on any atom is 0.347 e. The van der Waals surface area contributed by atoms with Crippen LogP contribution < -0.4 is 5.32 Å². The van der Waals surface area contributed by atoms with E-state index in [9.17, 15) is 18.8 Å². The van der Waals surface area contributed by atoms with Gasteiger partial charge >= 0.3 is 11.9 Å². The van der Waals surface area contributed by atoms with E-state index in [0.717, 1.165) is 25.1 Å². The van der Waals surface area contributed by atoms with E-state index in [4.69, 9.17) is 0 Å². The largest absolute Gasteiger partial charge is 0.390 e. The lowest BCUT2D eigenvalue weighted by atomic mass is 10.1. The van der Waals surface area contributed by atoms with Gasteiger partial charge in [0.1, 0.15) is 5.82 Å². The van der Waals surface area contributed by atoms with Crippen molar-refractivity contribution in [2.45, 2.75) is 13.8 Å². The lowest BCUT2D eigenvalue weighted by Crippen LogP contribution is -2.15. The Morgan fingerprint density at radius 1 is 1.24 bits per heavy atom. The molecule has 0 radical (unpaired) electrons. The molecule has 6 heteroatoms. The van der Waals surface area contributed by atoms with Gasteiger partial charge in [0.25, 0.3) is 0 Å². The molecule has 0 aliphatic carbocycles. The Kier molecular flexibility index (Phi) is 3.92. The number of hydrogen-bond donors (Lipinski definition) is 1. The number of ether oxygens (including phenoxy) is 1. The molecule has 1 aromatic rings. The summed E-state index contributed by atoms with van der Waals surface area (Å²) in [5.74, 6) is -2.81. The van der Waals surface area contributed by atoms with Crippen molar-refractivity contribution in [1.29, 1.82) is 0 Å². The topological polar surface area (TPSA) is 72.5 Å². The predicted molar refractivity (Wildman–Crippen MR) is 56.8 cm³/mol. The van der Waals surface area contributed by atoms with Crippen molar-refractivity contribution in [3.05, 3.63) is 29.6 Å². The maximum atomic E-state index is 13.0. The molecule has 17 heavy (non-hydrogen) atoms. The number of halogens is 1. The third kappa shape index (κ3) is 3.67. The third-order valence-electron chi connectivity index (χ3n) is 1.75. The Balaban J connectivity index is 3.09. The molecule has 0 atom stereocenters. The first kappa shape index (κ1) is 12.8. The van der Waals surface area contributed by atoms with Crippen LogP contribution in [-0.2, 0) is 14.3 Å². The summed E-state index contributed by atoms with van der Waals surface area (Å²) < 4.78 is 17.3. The summed E-state index contributed by atoms with van der Waals surface area (Å²) in [6.45, 7) is 2.28. The number of anilines is 1. The van der Waals surface area contributed by atoms with E-state index in [0.29, 0.717) is 0 Å². The van der Waals surface area contributed by atoms with Gasteiger partial charge in [0.2, 0.25) is 5.91 Å². The smallest absolute Gasteiger partial charge is 0.347 e. The predicted octanol–water partition coefficient (Wildman–Crippen LogP) is 1.49. The van der Waals surface area contributed by atoms with Crippen LogP contribution in [0.1, 0.15) is 24.2 Å². The normalized spacial score (nSPS) is 9.59. The maximum absolute atomic E-state index is 13.0. The zero-order chi connectivity index (χ0) is 13.0. The first-order valence-corrected chi connectivity index (χ1v) is 4.70. The van der Waals surface area contributed by atoms with Gasteiger partial charge in [-0.05, 0) is 18.2 Å². The van der Waals surface area contributed by atoms with Gasteiger partial charge in [-0.2, -0.15) is 0 Å². The Morgan fingerprint density at radius 3 is 2.41 bits per heavy atom. The van der Waals surface area contributed by atoms with E-state index in [2.05, 4.69) is 10.1 Å². The third-order valence-corrected chi connectivity index (χ3v) is 1.75. The fourth-order valence-electron chi connectivity index (χ4n) is 1.17. The van der Waals surface area contributed by atoms with Gasteiger partial charge in [-0.15, -0.1) is 0 Å². The van der Waals surface area contributed by atoms with Crippen LogP contribution in [0.4, 0.5) is 10.1 Å². The number of benzene rings is 1. The summed E-state index contributed by atoms with van der Waals surface area (Å²) in [5, 5.41) is 2.28. The molecule has 0 spiro atoms. The molecule has 5 nitrogen and oxygen atoms in total. The monoisotopic (exact) mass is 239 g/mol. The standard InChI is InChI=1S/C11H10FNO4/c1-6(14)13-10-5-8(12)3-4-9(10)11(16)17-7(2)15/h3-5H,1-2H3,(H,13,14). The van der Waals surface area contributed by atoms with Crippen LogP contribution in [-0.4, -0.2) is 17.8 Å². The molecule has 0 aliphatic heterocycles. The van der Waals surface area contributed by atoms with Gasteiger partial charge in [-0.3, -0.25) is 9.59 Å². The summed E-state index contributed by atoms with van der Waals surface area (Å²) in [6.07, 6.45) is 0. The second-order valence-corrected chi connectivity index (χ2v) is 3.25. The molecule has 1 rings (SSSR count). The Morgan fingerprint density at radius 2 is 1.88 bits per heavy atom. The van der Waals surface area contributed by atoms with E-state index >= 15 is 0 Å². The van der Waals surface area contributed by atoms with Crippen molar-refractivity contribution in [2.24, 2.45) is 0 Å². The van der Waals surface area contributed by atoms with Crippen molar-refractivity contribution < 1.29 is 23.5 Å². The summed E-state index contributed by atoms with van der Waals surface area (Å²) >= 11 is 0. The molecule has 0 bridgehead atoms. The van der Waals surface area contributed by atoms with Crippen molar-refractivity contribution in [3.8, 4) is 0 Å². The lowest BCUT2D eigenvalue weighted by molar-refractivity contribution is -0.135. The van der Waals surface area contributed by atoms with Crippen molar-refractivity contribution >= 4 is 23.5 Å². The SMILES string of the molecule is CC(=O)Nc1cc(F)ccc1C(=O)OC(C)=O. The molecular formula is C11H10FNO4. The van der Waals surface area contributed by atoms with Crippen LogP contribution >= 0.6 is 0 Å². The number of hydrogen-bond acceptors (Lipinski definition) is 4. The highest BCUT2D eigenvalue weighted by Gasteiger charge is 2.16. The van der Waals surface area contributed by atoms with Crippen LogP contribution in [0.5, 0.6) is 0 Å². The molecule has 0 saturated heterocycles. The van der Waals surface area contributed by atoms with Gasteiger partial charge in [-0.1, -0.05) is 0 Å². The minimum absolute atomic E-state index is 0.0382. The number of carbonyl (C=O) groups is 3. The molecule has 1 N–H and O–H groups in total. The van der Waals surface area contributed by atoms with Gasteiger partial charge in [0, 0.05) is 13.8 Å². The fourth-order valence-corrected chi connectivity index (χ4v) is 1.17. The highest BCUT2D eigenvalue weighted by Crippen LogP contribution is 2.18. The number of nitrogens with one attached hydrogen (secondary N) is 1. The van der Waals surface area contributed by atoms with Gasteiger partial charge in [-0.25, -0.2) is 9.18 Å². The first-order chi connectivity index (χ1) is 7.90. The number of amides is 1. The summed E-state index contributed by atoms with van der Waals surface area (Å²) in [7, 11) is 0. The quantitative estimate of drug-likeness (QED) is 0.626. The van der Waals surface area contributed by atoms with E-state index in [1.807, 2.05) is 0 Å². The van der Waals surface area contributed by atoms with E-state index in [1.165, 1.54) is 6.92 Å². The first-order valence-electron chi connectivity index (χ1n) is 4.70. The Bertz CT molecular complexity index is 484.